The van der Waals surface area contributed by atoms with Crippen LogP contribution in [0.15, 0.2) is 54.6 Å². The molecule has 0 radical (unpaired) electrons. The SMILES string of the molecule is O=C(O)c1cccc(C(=O)C(=O)c2ccccc2)c1. The molecule has 0 saturated heterocycles. The first kappa shape index (κ1) is 12.7. The van der Waals surface area contributed by atoms with Gasteiger partial charge in [-0.1, -0.05) is 42.5 Å². The second kappa shape index (κ2) is 5.27. The van der Waals surface area contributed by atoms with E-state index in [2.05, 4.69) is 0 Å². The van der Waals surface area contributed by atoms with Gasteiger partial charge in [0.25, 0.3) is 0 Å². The molecule has 0 aliphatic rings. The molecule has 2 rings (SSSR count). The first-order chi connectivity index (χ1) is 9.09. The number of aromatic carboxylic acids is 1. The Labute approximate surface area is 109 Å². The minimum atomic E-state index is -1.14. The number of benzene rings is 2. The van der Waals surface area contributed by atoms with E-state index in [-0.39, 0.29) is 16.7 Å². The van der Waals surface area contributed by atoms with Crippen LogP contribution in [0, 0.1) is 0 Å². The molecule has 4 heteroatoms. The van der Waals surface area contributed by atoms with Crippen LogP contribution in [0.4, 0.5) is 0 Å². The monoisotopic (exact) mass is 254 g/mol. The molecule has 0 amide bonds. The summed E-state index contributed by atoms with van der Waals surface area (Å²) in [6.07, 6.45) is 0. The number of ketones is 2. The zero-order valence-electron chi connectivity index (χ0n) is 9.87. The molecule has 2 aromatic carbocycles. The maximum Gasteiger partial charge on any atom is 0.335 e. The number of hydrogen-bond donors (Lipinski definition) is 1. The van der Waals surface area contributed by atoms with Crippen molar-refractivity contribution in [3.8, 4) is 0 Å². The molecule has 4 nitrogen and oxygen atoms in total. The number of rotatable bonds is 4. The minimum Gasteiger partial charge on any atom is -0.478 e. The van der Waals surface area contributed by atoms with Crippen LogP contribution in [-0.2, 0) is 0 Å². The molecule has 1 N–H and O–H groups in total. The topological polar surface area (TPSA) is 71.4 Å². The Morgan fingerprint density at radius 3 is 1.84 bits per heavy atom. The molecule has 0 unspecified atom stereocenters. The molecule has 0 heterocycles. The van der Waals surface area contributed by atoms with Crippen molar-refractivity contribution in [1.29, 1.82) is 0 Å². The number of carboxylic acids is 1. The molecule has 0 fully saturated rings. The quantitative estimate of drug-likeness (QED) is 0.672. The predicted octanol–water partition coefficient (Wildman–Crippen LogP) is 2.45. The fourth-order valence-corrected chi connectivity index (χ4v) is 1.65. The van der Waals surface area contributed by atoms with E-state index in [1.165, 1.54) is 24.3 Å². The highest BCUT2D eigenvalue weighted by molar-refractivity contribution is 6.49. The van der Waals surface area contributed by atoms with Gasteiger partial charge in [0.15, 0.2) is 0 Å². The van der Waals surface area contributed by atoms with Crippen molar-refractivity contribution in [3.63, 3.8) is 0 Å². The third-order valence-corrected chi connectivity index (χ3v) is 2.61. The molecule has 0 aliphatic heterocycles. The summed E-state index contributed by atoms with van der Waals surface area (Å²) in [7, 11) is 0. The highest BCUT2D eigenvalue weighted by Crippen LogP contribution is 2.10. The molecule has 19 heavy (non-hydrogen) atoms. The lowest BCUT2D eigenvalue weighted by Gasteiger charge is -2.02. The van der Waals surface area contributed by atoms with Crippen LogP contribution in [0.2, 0.25) is 0 Å². The van der Waals surface area contributed by atoms with Gasteiger partial charge in [0.05, 0.1) is 5.56 Å². The van der Waals surface area contributed by atoms with E-state index >= 15 is 0 Å². The van der Waals surface area contributed by atoms with Gasteiger partial charge in [-0.25, -0.2) is 4.79 Å². The maximum absolute atomic E-state index is 12.0. The molecule has 0 saturated carbocycles. The number of carbonyl (C=O) groups is 3. The van der Waals surface area contributed by atoms with Gasteiger partial charge in [0, 0.05) is 11.1 Å². The van der Waals surface area contributed by atoms with Crippen LogP contribution in [0.5, 0.6) is 0 Å². The maximum atomic E-state index is 12.0. The van der Waals surface area contributed by atoms with Crippen molar-refractivity contribution in [2.45, 2.75) is 0 Å². The van der Waals surface area contributed by atoms with Crippen LogP contribution < -0.4 is 0 Å². The highest BCUT2D eigenvalue weighted by Gasteiger charge is 2.18. The first-order valence-corrected chi connectivity index (χ1v) is 5.57. The summed E-state index contributed by atoms with van der Waals surface area (Å²) in [6, 6.07) is 13.6. The Hall–Kier alpha value is -2.75. The first-order valence-electron chi connectivity index (χ1n) is 5.57. The molecular weight excluding hydrogens is 244 g/mol. The molecule has 0 bridgehead atoms. The van der Waals surface area contributed by atoms with Crippen molar-refractivity contribution in [3.05, 3.63) is 71.3 Å². The third-order valence-electron chi connectivity index (χ3n) is 2.61. The zero-order chi connectivity index (χ0) is 13.8. The van der Waals surface area contributed by atoms with Crippen molar-refractivity contribution < 1.29 is 19.5 Å². The lowest BCUT2D eigenvalue weighted by Crippen LogP contribution is -2.15. The van der Waals surface area contributed by atoms with Crippen molar-refractivity contribution in [2.24, 2.45) is 0 Å². The standard InChI is InChI=1S/C15H10O4/c16-13(10-5-2-1-3-6-10)14(17)11-7-4-8-12(9-11)15(18)19/h1-9H,(H,18,19). The molecule has 0 spiro atoms. The van der Waals surface area contributed by atoms with E-state index in [1.807, 2.05) is 0 Å². The van der Waals surface area contributed by atoms with Crippen LogP contribution >= 0.6 is 0 Å². The van der Waals surface area contributed by atoms with E-state index in [1.54, 1.807) is 30.3 Å². The molecule has 0 atom stereocenters. The van der Waals surface area contributed by atoms with Crippen LogP contribution in [0.3, 0.4) is 0 Å². The van der Waals surface area contributed by atoms with E-state index in [9.17, 15) is 14.4 Å². The molecule has 0 aliphatic carbocycles. The minimum absolute atomic E-state index is 0.0216. The van der Waals surface area contributed by atoms with Gasteiger partial charge in [0.1, 0.15) is 0 Å². The van der Waals surface area contributed by atoms with Gasteiger partial charge in [-0.05, 0) is 12.1 Å². The number of carboxylic acid groups (broad SMARTS) is 1. The predicted molar refractivity (Wildman–Crippen MR) is 68.5 cm³/mol. The summed E-state index contributed by atoms with van der Waals surface area (Å²) in [4.78, 5) is 34.7. The molecule has 2 aromatic rings. The number of carbonyl (C=O) groups excluding carboxylic acids is 2. The van der Waals surface area contributed by atoms with Gasteiger partial charge in [0.2, 0.25) is 11.6 Å². The van der Waals surface area contributed by atoms with Crippen LogP contribution in [0.1, 0.15) is 31.1 Å². The van der Waals surface area contributed by atoms with Gasteiger partial charge in [-0.15, -0.1) is 0 Å². The lowest BCUT2D eigenvalue weighted by atomic mass is 10.00. The average Bonchev–Trinajstić information content (AvgIpc) is 2.46. The highest BCUT2D eigenvalue weighted by atomic mass is 16.4. The fourth-order valence-electron chi connectivity index (χ4n) is 1.65. The van der Waals surface area contributed by atoms with Gasteiger partial charge in [-0.2, -0.15) is 0 Å². The Morgan fingerprint density at radius 2 is 1.21 bits per heavy atom. The fraction of sp³-hybridized carbons (Fsp3) is 0. The van der Waals surface area contributed by atoms with Crippen molar-refractivity contribution in [2.75, 3.05) is 0 Å². The Bertz CT molecular complexity index is 644. The summed E-state index contributed by atoms with van der Waals surface area (Å²) in [6.45, 7) is 0. The smallest absolute Gasteiger partial charge is 0.335 e. The van der Waals surface area contributed by atoms with E-state index in [0.717, 1.165) is 0 Å². The van der Waals surface area contributed by atoms with Gasteiger partial charge in [-0.3, -0.25) is 9.59 Å². The zero-order valence-corrected chi connectivity index (χ0v) is 9.87. The largest absolute Gasteiger partial charge is 0.478 e. The van der Waals surface area contributed by atoms with E-state index in [4.69, 9.17) is 5.11 Å². The number of hydrogen-bond acceptors (Lipinski definition) is 3. The second-order valence-corrected chi connectivity index (χ2v) is 3.91. The molecule has 94 valence electrons. The summed E-state index contributed by atoms with van der Waals surface area (Å²) < 4.78 is 0. The summed E-state index contributed by atoms with van der Waals surface area (Å²) >= 11 is 0. The van der Waals surface area contributed by atoms with Crippen LogP contribution in [0.25, 0.3) is 0 Å². The summed E-state index contributed by atoms with van der Waals surface area (Å²) in [5.41, 5.74) is 0.341. The van der Waals surface area contributed by atoms with Crippen molar-refractivity contribution in [1.82, 2.24) is 0 Å². The Morgan fingerprint density at radius 1 is 0.684 bits per heavy atom. The molecular formula is C15H10O4. The van der Waals surface area contributed by atoms with Gasteiger partial charge >= 0.3 is 5.97 Å². The summed E-state index contributed by atoms with van der Waals surface area (Å²) in [5, 5.41) is 8.85. The normalized spacial score (nSPS) is 9.89. The number of Topliss-reactive ketones (excluding diaryl/α,β-unsaturated/α-hetero) is 2. The van der Waals surface area contributed by atoms with Gasteiger partial charge < -0.3 is 5.11 Å². The Balaban J connectivity index is 2.32. The van der Waals surface area contributed by atoms with E-state index < -0.39 is 17.5 Å². The van der Waals surface area contributed by atoms with Crippen molar-refractivity contribution >= 4 is 17.5 Å². The van der Waals surface area contributed by atoms with Crippen LogP contribution in [-0.4, -0.2) is 22.6 Å². The molecule has 0 aromatic heterocycles. The third kappa shape index (κ3) is 2.74. The lowest BCUT2D eigenvalue weighted by molar-refractivity contribution is 0.0696. The summed E-state index contributed by atoms with van der Waals surface area (Å²) in [5.74, 6) is -2.50. The van der Waals surface area contributed by atoms with E-state index in [0.29, 0.717) is 0 Å². The average molecular weight is 254 g/mol. The second-order valence-electron chi connectivity index (χ2n) is 3.91. The Kier molecular flexibility index (Phi) is 3.52.